The quantitative estimate of drug-likeness (QED) is 0.725. The standard InChI is InChI=1S/C16H17NS.C2H6/c1-3-7-16(14-8-5-4-6-9-14)17-12-15-11-10-13(2)18-15;1-2/h3-11,17H,1,12H2,2H3;1-2H3/b16-7-;. The summed E-state index contributed by atoms with van der Waals surface area (Å²) in [4.78, 5) is 2.69. The Bertz CT molecular complexity index is 538. The fourth-order valence-electron chi connectivity index (χ4n) is 1.76. The van der Waals surface area contributed by atoms with Crippen LogP contribution in [0.1, 0.15) is 29.2 Å². The van der Waals surface area contributed by atoms with Crippen molar-refractivity contribution < 1.29 is 0 Å². The second-order valence-electron chi connectivity index (χ2n) is 4.05. The Balaban J connectivity index is 0.000000956. The van der Waals surface area contributed by atoms with E-state index < -0.39 is 0 Å². The molecule has 1 aromatic carbocycles. The first-order valence-corrected chi connectivity index (χ1v) is 7.78. The van der Waals surface area contributed by atoms with Gasteiger partial charge in [-0.2, -0.15) is 0 Å². The van der Waals surface area contributed by atoms with Crippen molar-refractivity contribution >= 4 is 17.0 Å². The molecule has 1 nitrogen and oxygen atoms in total. The van der Waals surface area contributed by atoms with E-state index in [0.717, 1.165) is 12.2 Å². The van der Waals surface area contributed by atoms with Crippen molar-refractivity contribution in [3.8, 4) is 0 Å². The van der Waals surface area contributed by atoms with Crippen LogP contribution in [0.25, 0.3) is 5.70 Å². The minimum Gasteiger partial charge on any atom is -0.380 e. The Morgan fingerprint density at radius 1 is 1.15 bits per heavy atom. The van der Waals surface area contributed by atoms with E-state index in [4.69, 9.17) is 0 Å². The SMILES string of the molecule is C=C/C=C(\NCc1ccc(C)s1)c1ccccc1.CC. The molecule has 0 fully saturated rings. The third-order valence-electron chi connectivity index (χ3n) is 2.62. The fraction of sp³-hybridized carbons (Fsp3) is 0.222. The Kier molecular flexibility index (Phi) is 7.44. The zero-order valence-electron chi connectivity index (χ0n) is 12.5. The number of hydrogen-bond donors (Lipinski definition) is 1. The molecule has 0 spiro atoms. The highest BCUT2D eigenvalue weighted by Crippen LogP contribution is 2.17. The highest BCUT2D eigenvalue weighted by atomic mass is 32.1. The van der Waals surface area contributed by atoms with Crippen molar-refractivity contribution in [1.82, 2.24) is 5.32 Å². The van der Waals surface area contributed by atoms with Crippen LogP contribution in [0.4, 0.5) is 0 Å². The van der Waals surface area contributed by atoms with Gasteiger partial charge in [-0.15, -0.1) is 11.3 Å². The van der Waals surface area contributed by atoms with Crippen LogP contribution in [0.15, 0.2) is 61.2 Å². The fourth-order valence-corrected chi connectivity index (χ4v) is 2.59. The van der Waals surface area contributed by atoms with Crippen LogP contribution >= 0.6 is 11.3 Å². The third-order valence-corrected chi connectivity index (χ3v) is 3.62. The second kappa shape index (κ2) is 9.16. The molecule has 0 saturated carbocycles. The molecule has 0 amide bonds. The molecular formula is C18H23NS. The van der Waals surface area contributed by atoms with Crippen LogP contribution in [-0.4, -0.2) is 0 Å². The first-order chi connectivity index (χ1) is 9.79. The molecule has 0 radical (unpaired) electrons. The summed E-state index contributed by atoms with van der Waals surface area (Å²) < 4.78 is 0. The van der Waals surface area contributed by atoms with E-state index in [-0.39, 0.29) is 0 Å². The molecule has 2 heteroatoms. The van der Waals surface area contributed by atoms with Crippen LogP contribution in [0.5, 0.6) is 0 Å². The topological polar surface area (TPSA) is 12.0 Å². The molecular weight excluding hydrogens is 262 g/mol. The molecule has 0 aliphatic rings. The molecule has 2 rings (SSSR count). The second-order valence-corrected chi connectivity index (χ2v) is 5.42. The summed E-state index contributed by atoms with van der Waals surface area (Å²) in [6, 6.07) is 14.6. The average Bonchev–Trinajstić information content (AvgIpc) is 2.92. The zero-order valence-corrected chi connectivity index (χ0v) is 13.3. The summed E-state index contributed by atoms with van der Waals surface area (Å²) in [6.45, 7) is 10.8. The maximum atomic E-state index is 3.77. The number of aryl methyl sites for hydroxylation is 1. The van der Waals surface area contributed by atoms with Gasteiger partial charge in [-0.3, -0.25) is 0 Å². The van der Waals surface area contributed by atoms with E-state index in [9.17, 15) is 0 Å². The predicted molar refractivity (Wildman–Crippen MR) is 91.9 cm³/mol. The van der Waals surface area contributed by atoms with Gasteiger partial charge in [0.25, 0.3) is 0 Å². The normalized spacial score (nSPS) is 10.4. The van der Waals surface area contributed by atoms with Crippen molar-refractivity contribution in [3.63, 3.8) is 0 Å². The molecule has 2 aromatic rings. The van der Waals surface area contributed by atoms with Crippen molar-refractivity contribution in [3.05, 3.63) is 76.5 Å². The van der Waals surface area contributed by atoms with E-state index >= 15 is 0 Å². The van der Waals surface area contributed by atoms with Crippen LogP contribution in [0, 0.1) is 6.92 Å². The van der Waals surface area contributed by atoms with Crippen LogP contribution in [-0.2, 0) is 6.54 Å². The Morgan fingerprint density at radius 2 is 1.85 bits per heavy atom. The molecule has 0 aliphatic heterocycles. The zero-order chi connectivity index (χ0) is 14.8. The lowest BCUT2D eigenvalue weighted by Gasteiger charge is -2.09. The van der Waals surface area contributed by atoms with Crippen molar-refractivity contribution in [2.75, 3.05) is 0 Å². The van der Waals surface area contributed by atoms with Crippen LogP contribution in [0.2, 0.25) is 0 Å². The van der Waals surface area contributed by atoms with Gasteiger partial charge in [-0.25, -0.2) is 0 Å². The Hall–Kier alpha value is -1.80. The molecule has 106 valence electrons. The van der Waals surface area contributed by atoms with E-state index in [2.05, 4.69) is 43.1 Å². The average molecular weight is 285 g/mol. The Morgan fingerprint density at radius 3 is 2.40 bits per heavy atom. The van der Waals surface area contributed by atoms with Crippen molar-refractivity contribution in [2.45, 2.75) is 27.3 Å². The molecule has 0 bridgehead atoms. The van der Waals surface area contributed by atoms with Crippen molar-refractivity contribution in [2.24, 2.45) is 0 Å². The van der Waals surface area contributed by atoms with Gasteiger partial charge in [0, 0.05) is 22.0 Å². The van der Waals surface area contributed by atoms with Gasteiger partial charge in [0.1, 0.15) is 0 Å². The first-order valence-electron chi connectivity index (χ1n) is 6.97. The maximum absolute atomic E-state index is 3.77. The van der Waals surface area contributed by atoms with E-state index in [1.54, 1.807) is 0 Å². The molecule has 0 saturated heterocycles. The number of nitrogens with one attached hydrogen (secondary N) is 1. The van der Waals surface area contributed by atoms with Crippen LogP contribution in [0.3, 0.4) is 0 Å². The van der Waals surface area contributed by atoms with Gasteiger partial charge in [-0.05, 0) is 30.7 Å². The highest BCUT2D eigenvalue weighted by molar-refractivity contribution is 7.11. The van der Waals surface area contributed by atoms with E-state index in [1.165, 1.54) is 15.3 Å². The summed E-state index contributed by atoms with van der Waals surface area (Å²) in [6.07, 6.45) is 3.82. The number of thiophene rings is 1. The first kappa shape index (κ1) is 16.3. The van der Waals surface area contributed by atoms with E-state index in [1.807, 2.05) is 55.5 Å². The highest BCUT2D eigenvalue weighted by Gasteiger charge is 2.01. The number of benzene rings is 1. The van der Waals surface area contributed by atoms with Gasteiger partial charge < -0.3 is 5.32 Å². The van der Waals surface area contributed by atoms with Gasteiger partial charge in [0.05, 0.1) is 0 Å². The molecule has 0 atom stereocenters. The monoisotopic (exact) mass is 285 g/mol. The maximum Gasteiger partial charge on any atom is 0.0494 e. The minimum absolute atomic E-state index is 0.854. The number of allylic oxidation sites excluding steroid dienone is 2. The number of rotatable bonds is 5. The molecule has 1 N–H and O–H groups in total. The summed E-state index contributed by atoms with van der Waals surface area (Å²) in [5, 5.41) is 3.47. The summed E-state index contributed by atoms with van der Waals surface area (Å²) >= 11 is 1.83. The summed E-state index contributed by atoms with van der Waals surface area (Å²) in [5.74, 6) is 0. The lowest BCUT2D eigenvalue weighted by atomic mass is 10.1. The van der Waals surface area contributed by atoms with Gasteiger partial charge >= 0.3 is 0 Å². The largest absolute Gasteiger partial charge is 0.380 e. The van der Waals surface area contributed by atoms with Crippen LogP contribution < -0.4 is 5.32 Å². The molecule has 1 aromatic heterocycles. The smallest absolute Gasteiger partial charge is 0.0494 e. The lowest BCUT2D eigenvalue weighted by Crippen LogP contribution is -2.10. The third kappa shape index (κ3) is 5.06. The molecule has 0 unspecified atom stereocenters. The van der Waals surface area contributed by atoms with Gasteiger partial charge in [0.2, 0.25) is 0 Å². The Labute approximate surface area is 126 Å². The van der Waals surface area contributed by atoms with Gasteiger partial charge in [0.15, 0.2) is 0 Å². The summed E-state index contributed by atoms with van der Waals surface area (Å²) in [7, 11) is 0. The molecule has 0 aliphatic carbocycles. The predicted octanol–water partition coefficient (Wildman–Crippen LogP) is 5.40. The van der Waals surface area contributed by atoms with E-state index in [0.29, 0.717) is 0 Å². The molecule has 1 heterocycles. The molecule has 20 heavy (non-hydrogen) atoms. The summed E-state index contributed by atoms with van der Waals surface area (Å²) in [5.41, 5.74) is 2.29. The lowest BCUT2D eigenvalue weighted by molar-refractivity contribution is 0.907. The number of hydrogen-bond acceptors (Lipinski definition) is 2. The minimum atomic E-state index is 0.854. The van der Waals surface area contributed by atoms with Gasteiger partial charge in [-0.1, -0.05) is 56.8 Å². The van der Waals surface area contributed by atoms with Crippen molar-refractivity contribution in [1.29, 1.82) is 0 Å².